The van der Waals surface area contributed by atoms with Crippen molar-refractivity contribution in [2.45, 2.75) is 25.6 Å². The average molecular weight is 536 g/mol. The van der Waals surface area contributed by atoms with Gasteiger partial charge in [0.05, 0.1) is 62.8 Å². The molecule has 0 saturated carbocycles. The van der Waals surface area contributed by atoms with Crippen LogP contribution in [0.4, 0.5) is 4.39 Å². The van der Waals surface area contributed by atoms with Crippen molar-refractivity contribution in [1.82, 2.24) is 24.6 Å². The smallest absolute Gasteiger partial charge is 0.255 e. The number of halogens is 1. The third kappa shape index (κ3) is 5.66. The second kappa shape index (κ2) is 11.2. The van der Waals surface area contributed by atoms with Gasteiger partial charge < -0.3 is 19.4 Å². The summed E-state index contributed by atoms with van der Waals surface area (Å²) in [7, 11) is 3.97. The Kier molecular flexibility index (Phi) is 7.62. The van der Waals surface area contributed by atoms with Crippen molar-refractivity contribution in [2.75, 3.05) is 20.3 Å². The lowest BCUT2D eigenvalue weighted by Crippen LogP contribution is -2.30. The largest absolute Gasteiger partial charge is 0.494 e. The molecule has 1 fully saturated rings. The molecule has 11 heteroatoms. The third-order valence-corrected chi connectivity index (χ3v) is 6.69. The Labute approximate surface area is 220 Å². The summed E-state index contributed by atoms with van der Waals surface area (Å²) < 4.78 is 28.1. The van der Waals surface area contributed by atoms with Crippen LogP contribution in [-0.4, -0.2) is 45.6 Å². The van der Waals surface area contributed by atoms with Crippen LogP contribution in [0, 0.1) is 5.82 Å². The zero-order valence-electron chi connectivity index (χ0n) is 20.8. The molecule has 5 rings (SSSR count). The fourth-order valence-corrected chi connectivity index (χ4v) is 4.48. The monoisotopic (exact) mass is 535 g/mol. The first-order valence-electron chi connectivity index (χ1n) is 12.1. The van der Waals surface area contributed by atoms with Crippen molar-refractivity contribution in [2.24, 2.45) is 0 Å². The highest BCUT2D eigenvalue weighted by Gasteiger charge is 2.29. The standard InChI is InChI=1S/C27H27FN5O4P/c1-36-23-8-9-29-22(25(23)28)10-30-27(35)21-14-33(31-26(21)19-15-37-16-19)12-18-4-2-17(3-5-18)11-32-13-20(38)6-7-24(32)34/h2-9,13-14,19H,10-12,15-16,38H2,1H3,(H,30,35). The van der Waals surface area contributed by atoms with Crippen molar-refractivity contribution in [3.05, 3.63) is 105 Å². The molecular weight excluding hydrogens is 508 g/mol. The zero-order chi connectivity index (χ0) is 26.6. The lowest BCUT2D eigenvalue weighted by Gasteiger charge is -2.25. The predicted molar refractivity (Wildman–Crippen MR) is 142 cm³/mol. The van der Waals surface area contributed by atoms with E-state index < -0.39 is 5.82 Å². The van der Waals surface area contributed by atoms with Crippen LogP contribution in [0.25, 0.3) is 0 Å². The molecule has 0 aliphatic carbocycles. The van der Waals surface area contributed by atoms with Crippen LogP contribution in [0.3, 0.4) is 0 Å². The van der Waals surface area contributed by atoms with Gasteiger partial charge in [-0.05, 0) is 22.5 Å². The summed E-state index contributed by atoms with van der Waals surface area (Å²) in [6, 6.07) is 12.7. The fourth-order valence-electron chi connectivity index (χ4n) is 4.20. The molecule has 1 saturated heterocycles. The van der Waals surface area contributed by atoms with Crippen LogP contribution in [0.2, 0.25) is 0 Å². The maximum Gasteiger partial charge on any atom is 0.255 e. The predicted octanol–water partition coefficient (Wildman–Crippen LogP) is 2.23. The number of methoxy groups -OCH3 is 1. The number of benzene rings is 1. The number of pyridine rings is 2. The SMILES string of the molecule is COc1ccnc(CNC(=O)c2cn(Cc3ccc(Cn4cc(P)ccc4=O)cc3)nc2C2COC2)c1F. The molecule has 9 nitrogen and oxygen atoms in total. The number of nitrogens with one attached hydrogen (secondary N) is 1. The van der Waals surface area contributed by atoms with Gasteiger partial charge in [0, 0.05) is 30.7 Å². The number of hydrogen-bond acceptors (Lipinski definition) is 6. The lowest BCUT2D eigenvalue weighted by molar-refractivity contribution is 0.00620. The van der Waals surface area contributed by atoms with Crippen molar-refractivity contribution in [1.29, 1.82) is 0 Å². The van der Waals surface area contributed by atoms with Crippen molar-refractivity contribution < 1.29 is 18.7 Å². The molecule has 1 amide bonds. The molecule has 196 valence electrons. The van der Waals surface area contributed by atoms with Crippen molar-refractivity contribution in [3.63, 3.8) is 0 Å². The van der Waals surface area contributed by atoms with E-state index in [1.54, 1.807) is 27.6 Å². The van der Waals surface area contributed by atoms with E-state index in [2.05, 4.69) is 24.6 Å². The summed E-state index contributed by atoms with van der Waals surface area (Å²) in [5.74, 6) is -0.871. The number of hydrogen-bond donors (Lipinski definition) is 1. The van der Waals surface area contributed by atoms with E-state index in [9.17, 15) is 14.0 Å². The quantitative estimate of drug-likeness (QED) is 0.330. The summed E-state index contributed by atoms with van der Waals surface area (Å²) >= 11 is 0. The summed E-state index contributed by atoms with van der Waals surface area (Å²) in [6.07, 6.45) is 4.94. The van der Waals surface area contributed by atoms with Crippen LogP contribution in [0.5, 0.6) is 5.75 Å². The number of rotatable bonds is 9. The molecule has 0 radical (unpaired) electrons. The van der Waals surface area contributed by atoms with Crippen LogP contribution >= 0.6 is 9.24 Å². The number of carbonyl (C=O) groups is 1. The maximum absolute atomic E-state index is 14.4. The molecule has 0 spiro atoms. The highest BCUT2D eigenvalue weighted by molar-refractivity contribution is 7.27. The molecule has 1 aromatic carbocycles. The van der Waals surface area contributed by atoms with E-state index in [-0.39, 0.29) is 35.4 Å². The Bertz CT molecular complexity index is 1510. The molecule has 3 aromatic heterocycles. The van der Waals surface area contributed by atoms with Crippen LogP contribution in [0.15, 0.2) is 65.8 Å². The maximum atomic E-state index is 14.4. The molecule has 1 aliphatic heterocycles. The van der Waals surface area contributed by atoms with Gasteiger partial charge in [-0.1, -0.05) is 24.3 Å². The van der Waals surface area contributed by atoms with Gasteiger partial charge in [0.25, 0.3) is 11.5 Å². The second-order valence-electron chi connectivity index (χ2n) is 9.06. The Balaban J connectivity index is 1.29. The van der Waals surface area contributed by atoms with Crippen LogP contribution < -0.4 is 20.9 Å². The first kappa shape index (κ1) is 25.8. The lowest BCUT2D eigenvalue weighted by atomic mass is 10.00. The van der Waals surface area contributed by atoms with E-state index >= 15 is 0 Å². The Morgan fingerprint density at radius 1 is 1.13 bits per heavy atom. The molecule has 1 atom stereocenters. The highest BCUT2D eigenvalue weighted by atomic mass is 31.0. The normalized spacial score (nSPS) is 13.2. The van der Waals surface area contributed by atoms with Gasteiger partial charge in [-0.3, -0.25) is 19.3 Å². The summed E-state index contributed by atoms with van der Waals surface area (Å²) in [5.41, 5.74) is 3.11. The van der Waals surface area contributed by atoms with Gasteiger partial charge in [0.2, 0.25) is 0 Å². The Morgan fingerprint density at radius 3 is 2.55 bits per heavy atom. The van der Waals surface area contributed by atoms with Crippen LogP contribution in [-0.2, 0) is 24.4 Å². The van der Waals surface area contributed by atoms with Gasteiger partial charge >= 0.3 is 0 Å². The molecule has 1 aliphatic rings. The number of carbonyl (C=O) groups excluding carboxylic acids is 1. The van der Waals surface area contributed by atoms with Crippen molar-refractivity contribution >= 4 is 20.5 Å². The first-order chi connectivity index (χ1) is 18.4. The minimum Gasteiger partial charge on any atom is -0.494 e. The molecule has 1 unspecified atom stereocenters. The van der Waals surface area contributed by atoms with Gasteiger partial charge in [-0.15, -0.1) is 9.24 Å². The average Bonchev–Trinajstić information content (AvgIpc) is 3.28. The van der Waals surface area contributed by atoms with E-state index in [0.717, 1.165) is 16.4 Å². The van der Waals surface area contributed by atoms with Gasteiger partial charge in [-0.25, -0.2) is 4.39 Å². The minimum atomic E-state index is -0.603. The molecule has 4 heterocycles. The molecule has 38 heavy (non-hydrogen) atoms. The number of aromatic nitrogens is 4. The molecule has 0 bridgehead atoms. The van der Waals surface area contributed by atoms with Crippen LogP contribution in [0.1, 0.15) is 38.8 Å². The van der Waals surface area contributed by atoms with E-state index in [1.807, 2.05) is 30.5 Å². The van der Waals surface area contributed by atoms with Gasteiger partial charge in [-0.2, -0.15) is 5.10 Å². The summed E-state index contributed by atoms with van der Waals surface area (Å²) in [6.45, 7) is 1.84. The summed E-state index contributed by atoms with van der Waals surface area (Å²) in [4.78, 5) is 29.2. The third-order valence-electron chi connectivity index (χ3n) is 6.35. The Hall–Kier alpha value is -3.88. The topological polar surface area (TPSA) is 100 Å². The Morgan fingerprint density at radius 2 is 1.87 bits per heavy atom. The van der Waals surface area contributed by atoms with Gasteiger partial charge in [0.15, 0.2) is 11.6 Å². The molecule has 4 aromatic rings. The number of amides is 1. The number of ether oxygens (including phenoxy) is 2. The fraction of sp³-hybridized carbons (Fsp3) is 0.259. The molecule has 1 N–H and O–H groups in total. The van der Waals surface area contributed by atoms with E-state index in [1.165, 1.54) is 19.4 Å². The zero-order valence-corrected chi connectivity index (χ0v) is 21.9. The van der Waals surface area contributed by atoms with Gasteiger partial charge in [0.1, 0.15) is 0 Å². The molecular formula is C27H27FN5O4P. The van der Waals surface area contributed by atoms with E-state index in [0.29, 0.717) is 37.6 Å². The highest BCUT2D eigenvalue weighted by Crippen LogP contribution is 2.26. The van der Waals surface area contributed by atoms with Crippen molar-refractivity contribution in [3.8, 4) is 5.75 Å². The second-order valence-corrected chi connectivity index (χ2v) is 9.73. The number of nitrogens with zero attached hydrogens (tertiary/aromatic N) is 4. The summed E-state index contributed by atoms with van der Waals surface area (Å²) in [5, 5.41) is 8.37. The van der Waals surface area contributed by atoms with E-state index in [4.69, 9.17) is 9.47 Å². The first-order valence-corrected chi connectivity index (χ1v) is 12.6. The minimum absolute atomic E-state index is 0.0249.